The van der Waals surface area contributed by atoms with Crippen LogP contribution in [-0.2, 0) is 16.1 Å². The summed E-state index contributed by atoms with van der Waals surface area (Å²) < 4.78 is 5.46. The predicted molar refractivity (Wildman–Crippen MR) is 85.7 cm³/mol. The number of hydrogen-bond donors (Lipinski definition) is 1. The lowest BCUT2D eigenvalue weighted by molar-refractivity contribution is -0.150. The molecular formula is C17H26N4O2. The Morgan fingerprint density at radius 2 is 2.17 bits per heavy atom. The minimum absolute atomic E-state index is 0.150. The number of aromatic nitrogens is 2. The van der Waals surface area contributed by atoms with Gasteiger partial charge in [0.05, 0.1) is 12.0 Å². The van der Waals surface area contributed by atoms with Gasteiger partial charge < -0.3 is 14.6 Å². The number of piperidine rings is 1. The smallest absolute Gasteiger partial charge is 0.230 e. The molecule has 1 spiro atoms. The van der Waals surface area contributed by atoms with Crippen molar-refractivity contribution >= 4 is 5.91 Å². The summed E-state index contributed by atoms with van der Waals surface area (Å²) in [4.78, 5) is 25.3. The Labute approximate surface area is 137 Å². The number of nitrogens with one attached hydrogen (secondary N) is 1. The second kappa shape index (κ2) is 6.24. The van der Waals surface area contributed by atoms with Crippen molar-refractivity contribution in [2.24, 2.45) is 5.41 Å². The lowest BCUT2D eigenvalue weighted by atomic mass is 9.77. The molecule has 1 aromatic heterocycles. The highest BCUT2D eigenvalue weighted by molar-refractivity contribution is 5.84. The van der Waals surface area contributed by atoms with E-state index in [1.807, 2.05) is 6.20 Å². The fourth-order valence-corrected chi connectivity index (χ4v) is 4.51. The van der Waals surface area contributed by atoms with Crippen LogP contribution in [0.5, 0.6) is 0 Å². The van der Waals surface area contributed by atoms with E-state index < -0.39 is 0 Å². The van der Waals surface area contributed by atoms with Crippen LogP contribution in [0, 0.1) is 5.41 Å². The van der Waals surface area contributed by atoms with Crippen LogP contribution in [0.15, 0.2) is 12.4 Å². The molecular weight excluding hydrogens is 292 g/mol. The minimum Gasteiger partial charge on any atom is -0.381 e. The van der Waals surface area contributed by atoms with Crippen LogP contribution < -0.4 is 0 Å². The predicted octanol–water partition coefficient (Wildman–Crippen LogP) is 1.40. The number of ether oxygens (including phenoxy) is 1. The lowest BCUT2D eigenvalue weighted by Gasteiger charge is -2.44. The van der Waals surface area contributed by atoms with Gasteiger partial charge >= 0.3 is 0 Å². The van der Waals surface area contributed by atoms with Gasteiger partial charge in [-0.05, 0) is 38.6 Å². The van der Waals surface area contributed by atoms with Gasteiger partial charge in [0.2, 0.25) is 5.91 Å². The Balaban J connectivity index is 1.44. The average molecular weight is 318 g/mol. The average Bonchev–Trinajstić information content (AvgIpc) is 3.23. The molecule has 1 amide bonds. The molecule has 4 rings (SSSR count). The van der Waals surface area contributed by atoms with E-state index in [0.717, 1.165) is 77.3 Å². The number of rotatable bonds is 3. The molecule has 3 aliphatic rings. The molecule has 6 heteroatoms. The Morgan fingerprint density at radius 3 is 2.96 bits per heavy atom. The topological polar surface area (TPSA) is 61.5 Å². The first-order chi connectivity index (χ1) is 11.3. The summed E-state index contributed by atoms with van der Waals surface area (Å²) in [7, 11) is 0. The number of aromatic amines is 1. The SMILES string of the molecule is O=C1N(C2CCOCC2)CCCC12CCN(Cc1ncc[nH]1)C2. The van der Waals surface area contributed by atoms with Crippen molar-refractivity contribution < 1.29 is 9.53 Å². The second-order valence-corrected chi connectivity index (χ2v) is 7.22. The van der Waals surface area contributed by atoms with Crippen LogP contribution >= 0.6 is 0 Å². The Hall–Kier alpha value is -1.40. The zero-order chi connectivity index (χ0) is 15.7. The van der Waals surface area contributed by atoms with E-state index in [9.17, 15) is 4.79 Å². The molecule has 0 aliphatic carbocycles. The Bertz CT molecular complexity index is 541. The maximum Gasteiger partial charge on any atom is 0.230 e. The van der Waals surface area contributed by atoms with Crippen molar-refractivity contribution in [2.75, 3.05) is 32.8 Å². The van der Waals surface area contributed by atoms with Crippen LogP contribution in [0.1, 0.15) is 37.9 Å². The highest BCUT2D eigenvalue weighted by Gasteiger charge is 2.49. The molecule has 0 saturated carbocycles. The first-order valence-electron chi connectivity index (χ1n) is 8.86. The van der Waals surface area contributed by atoms with Gasteiger partial charge in [0.1, 0.15) is 5.82 Å². The van der Waals surface area contributed by atoms with Crippen LogP contribution in [0.3, 0.4) is 0 Å². The van der Waals surface area contributed by atoms with Gasteiger partial charge in [0.25, 0.3) is 0 Å². The van der Waals surface area contributed by atoms with Crippen LogP contribution in [-0.4, -0.2) is 64.6 Å². The molecule has 1 N–H and O–H groups in total. The van der Waals surface area contributed by atoms with Crippen LogP contribution in [0.2, 0.25) is 0 Å². The fourth-order valence-electron chi connectivity index (χ4n) is 4.51. The van der Waals surface area contributed by atoms with E-state index in [4.69, 9.17) is 4.74 Å². The highest BCUT2D eigenvalue weighted by atomic mass is 16.5. The summed E-state index contributed by atoms with van der Waals surface area (Å²) in [5, 5.41) is 0. The van der Waals surface area contributed by atoms with E-state index in [2.05, 4.69) is 19.8 Å². The maximum atomic E-state index is 13.2. The highest BCUT2D eigenvalue weighted by Crippen LogP contribution is 2.41. The van der Waals surface area contributed by atoms with E-state index in [-0.39, 0.29) is 5.41 Å². The van der Waals surface area contributed by atoms with Gasteiger partial charge in [0, 0.05) is 44.7 Å². The summed E-state index contributed by atoms with van der Waals surface area (Å²) in [5.41, 5.74) is -0.150. The molecule has 6 nitrogen and oxygen atoms in total. The molecule has 126 valence electrons. The van der Waals surface area contributed by atoms with E-state index in [1.54, 1.807) is 6.20 Å². The normalized spacial score (nSPS) is 30.4. The van der Waals surface area contributed by atoms with Gasteiger partial charge in [-0.3, -0.25) is 9.69 Å². The largest absolute Gasteiger partial charge is 0.381 e. The third kappa shape index (κ3) is 2.90. The number of carbonyl (C=O) groups is 1. The summed E-state index contributed by atoms with van der Waals surface area (Å²) in [6.07, 6.45) is 8.82. The zero-order valence-corrected chi connectivity index (χ0v) is 13.7. The molecule has 1 unspecified atom stereocenters. The summed E-state index contributed by atoms with van der Waals surface area (Å²) in [6, 6.07) is 0.396. The van der Waals surface area contributed by atoms with E-state index >= 15 is 0 Å². The standard InChI is InChI=1S/C17H26N4O2/c22-16-17(4-1-8-21(16)14-2-10-23-11-3-14)5-9-20(13-17)12-15-18-6-7-19-15/h6-7,14H,1-5,8-13H2,(H,18,19). The summed E-state index contributed by atoms with van der Waals surface area (Å²) in [6.45, 7) is 5.22. The number of imidazole rings is 1. The molecule has 0 aromatic carbocycles. The molecule has 0 bridgehead atoms. The third-order valence-electron chi connectivity index (χ3n) is 5.76. The molecule has 1 atom stereocenters. The van der Waals surface area contributed by atoms with Gasteiger partial charge in [-0.15, -0.1) is 0 Å². The fraction of sp³-hybridized carbons (Fsp3) is 0.765. The maximum absolute atomic E-state index is 13.2. The first kappa shape index (κ1) is 15.1. The van der Waals surface area contributed by atoms with Crippen molar-refractivity contribution in [1.29, 1.82) is 0 Å². The van der Waals surface area contributed by atoms with Crippen molar-refractivity contribution in [2.45, 2.75) is 44.7 Å². The molecule has 3 saturated heterocycles. The summed E-state index contributed by atoms with van der Waals surface area (Å²) >= 11 is 0. The van der Waals surface area contributed by atoms with Gasteiger partial charge in [0.15, 0.2) is 0 Å². The van der Waals surface area contributed by atoms with Crippen molar-refractivity contribution in [1.82, 2.24) is 19.8 Å². The van der Waals surface area contributed by atoms with Crippen molar-refractivity contribution in [3.63, 3.8) is 0 Å². The van der Waals surface area contributed by atoms with Gasteiger partial charge in [-0.2, -0.15) is 0 Å². The number of likely N-dealkylation sites (tertiary alicyclic amines) is 2. The number of H-pyrrole nitrogens is 1. The third-order valence-corrected chi connectivity index (χ3v) is 5.76. The molecule has 4 heterocycles. The molecule has 1 aromatic rings. The summed E-state index contributed by atoms with van der Waals surface area (Å²) in [5.74, 6) is 1.39. The minimum atomic E-state index is -0.150. The zero-order valence-electron chi connectivity index (χ0n) is 13.7. The molecule has 3 aliphatic heterocycles. The van der Waals surface area contributed by atoms with Crippen molar-refractivity contribution in [3.8, 4) is 0 Å². The van der Waals surface area contributed by atoms with Crippen LogP contribution in [0.4, 0.5) is 0 Å². The van der Waals surface area contributed by atoms with E-state index in [1.165, 1.54) is 0 Å². The Kier molecular flexibility index (Phi) is 4.11. The van der Waals surface area contributed by atoms with Crippen molar-refractivity contribution in [3.05, 3.63) is 18.2 Å². The molecule has 3 fully saturated rings. The number of amides is 1. The number of nitrogens with zero attached hydrogens (tertiary/aromatic N) is 3. The number of hydrogen-bond acceptors (Lipinski definition) is 4. The molecule has 0 radical (unpaired) electrons. The van der Waals surface area contributed by atoms with Gasteiger partial charge in [-0.25, -0.2) is 4.98 Å². The lowest BCUT2D eigenvalue weighted by Crippen LogP contribution is -2.54. The second-order valence-electron chi connectivity index (χ2n) is 7.22. The van der Waals surface area contributed by atoms with Crippen LogP contribution in [0.25, 0.3) is 0 Å². The number of carbonyl (C=O) groups excluding carboxylic acids is 1. The monoisotopic (exact) mass is 318 g/mol. The Morgan fingerprint density at radius 1 is 1.30 bits per heavy atom. The first-order valence-corrected chi connectivity index (χ1v) is 8.86. The quantitative estimate of drug-likeness (QED) is 0.915. The van der Waals surface area contributed by atoms with Gasteiger partial charge in [-0.1, -0.05) is 0 Å². The van der Waals surface area contributed by atoms with E-state index in [0.29, 0.717) is 11.9 Å². The molecule has 23 heavy (non-hydrogen) atoms.